The maximum absolute atomic E-state index is 14.2. The zero-order valence-corrected chi connectivity index (χ0v) is 21.4. The second kappa shape index (κ2) is 8.31. The minimum Gasteiger partial charge on any atom is -0.353 e. The number of amides is 1. The van der Waals surface area contributed by atoms with E-state index in [-0.39, 0.29) is 16.2 Å². The molecule has 1 spiro atoms. The van der Waals surface area contributed by atoms with Crippen LogP contribution in [0.4, 0.5) is 0 Å². The van der Waals surface area contributed by atoms with E-state index < -0.39 is 0 Å². The van der Waals surface area contributed by atoms with Crippen LogP contribution >= 0.6 is 0 Å². The van der Waals surface area contributed by atoms with Gasteiger partial charge in [-0.25, -0.2) is 0 Å². The van der Waals surface area contributed by atoms with Crippen LogP contribution < -0.4 is 11.1 Å². The SMILES string of the molecule is NCC1CCC(NC(=O)C23CC4CC5(C2)C(CC5(c2ccccc2)C3)/C4=C\Cc2ccccc2)CC1. The van der Waals surface area contributed by atoms with Crippen molar-refractivity contribution in [3.63, 3.8) is 0 Å². The highest BCUT2D eigenvalue weighted by atomic mass is 16.2. The number of fused-ring (bicyclic) bond motifs is 2. The molecule has 5 unspecified atom stereocenters. The fraction of sp³-hybridized carbons (Fsp3) is 0.545. The van der Waals surface area contributed by atoms with Gasteiger partial charge in [-0.05, 0) is 105 Å². The Bertz CT molecular complexity index is 1170. The van der Waals surface area contributed by atoms with E-state index in [1.165, 1.54) is 24.0 Å². The van der Waals surface area contributed by atoms with Crippen molar-refractivity contribution in [3.8, 4) is 0 Å². The fourth-order valence-electron chi connectivity index (χ4n) is 9.79. The molecule has 188 valence electrons. The van der Waals surface area contributed by atoms with Crippen LogP contribution in [0, 0.1) is 28.6 Å². The van der Waals surface area contributed by atoms with Crippen molar-refractivity contribution < 1.29 is 4.79 Å². The van der Waals surface area contributed by atoms with E-state index in [4.69, 9.17) is 5.73 Å². The summed E-state index contributed by atoms with van der Waals surface area (Å²) in [7, 11) is 0. The van der Waals surface area contributed by atoms with Gasteiger partial charge in [-0.2, -0.15) is 0 Å². The summed E-state index contributed by atoms with van der Waals surface area (Å²) in [6, 6.07) is 22.5. The Morgan fingerprint density at radius 1 is 0.917 bits per heavy atom. The molecule has 3 N–H and O–H groups in total. The van der Waals surface area contributed by atoms with E-state index in [2.05, 4.69) is 72.1 Å². The third kappa shape index (κ3) is 3.17. The minimum absolute atomic E-state index is 0.171. The number of allylic oxidation sites excluding steroid dienone is 2. The third-order valence-corrected chi connectivity index (χ3v) is 11.3. The quantitative estimate of drug-likeness (QED) is 0.503. The first-order valence-corrected chi connectivity index (χ1v) is 14.4. The monoisotopic (exact) mass is 480 g/mol. The average Bonchev–Trinajstić information content (AvgIpc) is 3.20. The normalized spacial score (nSPS) is 41.2. The van der Waals surface area contributed by atoms with Crippen molar-refractivity contribution in [1.29, 1.82) is 0 Å². The number of benzene rings is 2. The van der Waals surface area contributed by atoms with Gasteiger partial charge in [-0.15, -0.1) is 0 Å². The smallest absolute Gasteiger partial charge is 0.226 e. The molecule has 7 rings (SSSR count). The van der Waals surface area contributed by atoms with Gasteiger partial charge in [-0.1, -0.05) is 72.3 Å². The maximum atomic E-state index is 14.2. The van der Waals surface area contributed by atoms with E-state index in [0.29, 0.717) is 29.7 Å². The molecular formula is C33H40N2O. The Labute approximate surface area is 215 Å². The number of nitrogens with two attached hydrogens (primary N) is 1. The summed E-state index contributed by atoms with van der Waals surface area (Å²) in [5.41, 5.74) is 10.7. The lowest BCUT2D eigenvalue weighted by Gasteiger charge is -2.59. The fourth-order valence-corrected chi connectivity index (χ4v) is 9.79. The molecule has 5 aliphatic rings. The van der Waals surface area contributed by atoms with Gasteiger partial charge in [0.1, 0.15) is 0 Å². The van der Waals surface area contributed by atoms with Crippen LogP contribution in [0.25, 0.3) is 0 Å². The molecule has 0 saturated heterocycles. The van der Waals surface area contributed by atoms with Crippen molar-refractivity contribution >= 4 is 5.91 Å². The number of nitrogens with one attached hydrogen (secondary N) is 1. The summed E-state index contributed by atoms with van der Waals surface area (Å²) in [6.07, 6.45) is 13.8. The molecule has 0 heterocycles. The molecule has 5 fully saturated rings. The van der Waals surface area contributed by atoms with Gasteiger partial charge >= 0.3 is 0 Å². The molecular weight excluding hydrogens is 440 g/mol. The van der Waals surface area contributed by atoms with Gasteiger partial charge in [0.25, 0.3) is 0 Å². The molecule has 5 atom stereocenters. The highest BCUT2D eigenvalue weighted by molar-refractivity contribution is 5.85. The summed E-state index contributed by atoms with van der Waals surface area (Å²) in [5.74, 6) is 2.24. The van der Waals surface area contributed by atoms with Crippen LogP contribution in [0.3, 0.4) is 0 Å². The van der Waals surface area contributed by atoms with Crippen molar-refractivity contribution in [1.82, 2.24) is 5.32 Å². The van der Waals surface area contributed by atoms with E-state index in [9.17, 15) is 4.79 Å². The van der Waals surface area contributed by atoms with Crippen molar-refractivity contribution in [3.05, 3.63) is 83.4 Å². The van der Waals surface area contributed by atoms with Gasteiger partial charge in [0.2, 0.25) is 5.91 Å². The molecule has 3 nitrogen and oxygen atoms in total. The standard InChI is InChI=1S/C33H40N2O/c34-20-24-11-14-27(15-12-24)35-30(36)31-17-25-18-33(22-31)29(28(25)16-13-23-7-3-1-4-8-23)19-32(33,21-31)26-9-5-2-6-10-26/h1-10,16,24-25,27,29H,11-15,17-22,34H2,(H,35,36)/b28-16-. The molecule has 5 aliphatic carbocycles. The van der Waals surface area contributed by atoms with E-state index in [0.717, 1.165) is 57.9 Å². The second-order valence-corrected chi connectivity index (χ2v) is 12.9. The lowest BCUT2D eigenvalue weighted by molar-refractivity contribution is -0.134. The van der Waals surface area contributed by atoms with Crippen LogP contribution in [0.2, 0.25) is 0 Å². The molecule has 2 aromatic carbocycles. The Morgan fingerprint density at radius 3 is 2.36 bits per heavy atom. The lowest BCUT2D eigenvalue weighted by atomic mass is 9.44. The van der Waals surface area contributed by atoms with Gasteiger partial charge in [0.15, 0.2) is 0 Å². The topological polar surface area (TPSA) is 55.1 Å². The van der Waals surface area contributed by atoms with Crippen molar-refractivity contribution in [2.24, 2.45) is 34.3 Å². The van der Waals surface area contributed by atoms with E-state index >= 15 is 0 Å². The van der Waals surface area contributed by atoms with Crippen LogP contribution in [-0.2, 0) is 16.6 Å². The van der Waals surface area contributed by atoms with E-state index in [1.807, 2.05) is 0 Å². The number of hydrogen-bond donors (Lipinski definition) is 2. The molecule has 0 aromatic heterocycles. The maximum Gasteiger partial charge on any atom is 0.226 e. The number of rotatable bonds is 6. The molecule has 2 aromatic rings. The molecule has 5 saturated carbocycles. The van der Waals surface area contributed by atoms with Gasteiger partial charge in [0.05, 0.1) is 5.41 Å². The zero-order valence-electron chi connectivity index (χ0n) is 21.4. The summed E-state index contributed by atoms with van der Waals surface area (Å²) >= 11 is 0. The highest BCUT2D eigenvalue weighted by Gasteiger charge is 2.80. The van der Waals surface area contributed by atoms with Crippen molar-refractivity contribution in [2.75, 3.05) is 6.54 Å². The number of carbonyl (C=O) groups is 1. The van der Waals surface area contributed by atoms with Gasteiger partial charge in [0, 0.05) is 11.5 Å². The Balaban J connectivity index is 1.20. The first kappa shape index (κ1) is 22.8. The molecule has 0 radical (unpaired) electrons. The first-order valence-electron chi connectivity index (χ1n) is 14.4. The first-order chi connectivity index (χ1) is 17.6. The predicted octanol–water partition coefficient (Wildman–Crippen LogP) is 5.94. The number of carbonyl (C=O) groups excluding carboxylic acids is 1. The molecule has 36 heavy (non-hydrogen) atoms. The third-order valence-electron chi connectivity index (χ3n) is 11.3. The average molecular weight is 481 g/mol. The minimum atomic E-state index is -0.208. The summed E-state index contributed by atoms with van der Waals surface area (Å²) in [5, 5.41) is 3.60. The van der Waals surface area contributed by atoms with Crippen molar-refractivity contribution in [2.45, 2.75) is 75.7 Å². The molecule has 3 heteroatoms. The largest absolute Gasteiger partial charge is 0.353 e. The summed E-state index contributed by atoms with van der Waals surface area (Å²) in [4.78, 5) is 14.2. The molecule has 1 amide bonds. The van der Waals surface area contributed by atoms with Gasteiger partial charge < -0.3 is 11.1 Å². The second-order valence-electron chi connectivity index (χ2n) is 12.9. The summed E-state index contributed by atoms with van der Waals surface area (Å²) in [6.45, 7) is 0.786. The molecule has 0 aliphatic heterocycles. The lowest BCUT2D eigenvalue weighted by Crippen LogP contribution is -2.55. The Kier molecular flexibility index (Phi) is 5.26. The van der Waals surface area contributed by atoms with Crippen LogP contribution in [0.5, 0.6) is 0 Å². The zero-order chi connectivity index (χ0) is 24.4. The highest BCUT2D eigenvalue weighted by Crippen LogP contribution is 2.85. The van der Waals surface area contributed by atoms with Crippen LogP contribution in [0.1, 0.15) is 68.9 Å². The Hall–Kier alpha value is -2.39. The van der Waals surface area contributed by atoms with Gasteiger partial charge in [-0.3, -0.25) is 4.79 Å². The number of hydrogen-bond acceptors (Lipinski definition) is 2. The van der Waals surface area contributed by atoms with Crippen LogP contribution in [0.15, 0.2) is 72.3 Å². The Morgan fingerprint density at radius 2 is 1.64 bits per heavy atom. The van der Waals surface area contributed by atoms with Crippen LogP contribution in [-0.4, -0.2) is 18.5 Å². The van der Waals surface area contributed by atoms with E-state index in [1.54, 1.807) is 5.57 Å². The molecule has 3 bridgehead atoms. The summed E-state index contributed by atoms with van der Waals surface area (Å²) < 4.78 is 0. The predicted molar refractivity (Wildman–Crippen MR) is 144 cm³/mol.